The molecule has 21 heavy (non-hydrogen) atoms. The van der Waals surface area contributed by atoms with E-state index in [-0.39, 0.29) is 24.9 Å². The molecule has 114 valence electrons. The molecular weight excluding hydrogens is 277 g/mol. The van der Waals surface area contributed by atoms with E-state index in [1.165, 1.54) is 29.2 Å². The number of ether oxygens (including phenoxy) is 1. The quantitative estimate of drug-likeness (QED) is 0.921. The first-order chi connectivity index (χ1) is 9.90. The summed E-state index contributed by atoms with van der Waals surface area (Å²) in [5.41, 5.74) is -0.899. The average Bonchev–Trinajstić information content (AvgIpc) is 2.46. The Morgan fingerprint density at radius 2 is 2.05 bits per heavy atom. The second kappa shape index (κ2) is 6.11. The molecule has 1 aliphatic heterocycles. The molecule has 0 aromatic heterocycles. The van der Waals surface area contributed by atoms with Gasteiger partial charge >= 0.3 is 5.97 Å². The Balaban J connectivity index is 1.91. The van der Waals surface area contributed by atoms with Crippen LogP contribution in [0.25, 0.3) is 0 Å². The lowest BCUT2D eigenvalue weighted by Crippen LogP contribution is -2.49. The Labute approximate surface area is 122 Å². The number of carboxylic acid groups (broad SMARTS) is 1. The fraction of sp³-hybridized carbons (Fsp3) is 0.467. The van der Waals surface area contributed by atoms with Gasteiger partial charge in [-0.25, -0.2) is 4.39 Å². The summed E-state index contributed by atoms with van der Waals surface area (Å²) in [7, 11) is 0. The zero-order valence-corrected chi connectivity index (χ0v) is 11.8. The van der Waals surface area contributed by atoms with E-state index in [9.17, 15) is 19.1 Å². The van der Waals surface area contributed by atoms with E-state index in [1.54, 1.807) is 6.92 Å². The van der Waals surface area contributed by atoms with Gasteiger partial charge < -0.3 is 14.7 Å². The molecule has 1 fully saturated rings. The van der Waals surface area contributed by atoms with Crippen LogP contribution in [-0.2, 0) is 9.59 Å². The number of rotatable bonds is 4. The zero-order valence-electron chi connectivity index (χ0n) is 11.8. The van der Waals surface area contributed by atoms with Crippen molar-refractivity contribution in [2.45, 2.75) is 19.8 Å². The number of likely N-dealkylation sites (tertiary alicyclic amines) is 1. The number of benzene rings is 1. The maximum atomic E-state index is 12.8. The van der Waals surface area contributed by atoms with E-state index >= 15 is 0 Å². The molecule has 6 heteroatoms. The van der Waals surface area contributed by atoms with Gasteiger partial charge in [-0.15, -0.1) is 0 Å². The number of piperidine rings is 1. The summed E-state index contributed by atoms with van der Waals surface area (Å²) in [6.45, 7) is 2.19. The first-order valence-electron chi connectivity index (χ1n) is 6.80. The van der Waals surface area contributed by atoms with E-state index in [0.29, 0.717) is 25.1 Å². The minimum atomic E-state index is -0.899. The molecular formula is C15H18FNO4. The Bertz CT molecular complexity index is 531. The van der Waals surface area contributed by atoms with Crippen LogP contribution >= 0.6 is 0 Å². The van der Waals surface area contributed by atoms with Crippen molar-refractivity contribution in [3.05, 3.63) is 30.1 Å². The van der Waals surface area contributed by atoms with Crippen molar-refractivity contribution in [2.24, 2.45) is 5.41 Å². The second-order valence-corrected chi connectivity index (χ2v) is 5.53. The second-order valence-electron chi connectivity index (χ2n) is 5.53. The number of amides is 1. The van der Waals surface area contributed by atoms with Crippen molar-refractivity contribution in [3.8, 4) is 5.75 Å². The van der Waals surface area contributed by atoms with Crippen molar-refractivity contribution in [2.75, 3.05) is 19.7 Å². The molecule has 1 unspecified atom stereocenters. The molecule has 0 aliphatic carbocycles. The van der Waals surface area contributed by atoms with Gasteiger partial charge in [0.1, 0.15) is 11.6 Å². The average molecular weight is 295 g/mol. The predicted octanol–water partition coefficient (Wildman–Crippen LogP) is 1.92. The molecule has 1 amide bonds. The molecule has 1 saturated heterocycles. The van der Waals surface area contributed by atoms with Gasteiger partial charge in [0.15, 0.2) is 6.61 Å². The van der Waals surface area contributed by atoms with Crippen molar-refractivity contribution >= 4 is 11.9 Å². The number of halogens is 1. The maximum Gasteiger partial charge on any atom is 0.311 e. The highest BCUT2D eigenvalue weighted by Crippen LogP contribution is 2.29. The zero-order chi connectivity index (χ0) is 15.5. The molecule has 1 aromatic rings. The van der Waals surface area contributed by atoms with E-state index in [0.717, 1.165) is 0 Å². The molecule has 0 saturated carbocycles. The number of carbonyl (C=O) groups is 2. The van der Waals surface area contributed by atoms with Crippen LogP contribution in [0.3, 0.4) is 0 Å². The minimum Gasteiger partial charge on any atom is -0.484 e. The predicted molar refractivity (Wildman–Crippen MR) is 73.5 cm³/mol. The maximum absolute atomic E-state index is 12.8. The lowest BCUT2D eigenvalue weighted by atomic mass is 9.82. The third-order valence-corrected chi connectivity index (χ3v) is 3.74. The molecule has 1 atom stereocenters. The summed E-state index contributed by atoms with van der Waals surface area (Å²) in [4.78, 5) is 24.8. The van der Waals surface area contributed by atoms with E-state index in [4.69, 9.17) is 4.74 Å². The van der Waals surface area contributed by atoms with Crippen molar-refractivity contribution in [1.82, 2.24) is 4.90 Å². The van der Waals surface area contributed by atoms with Gasteiger partial charge in [0, 0.05) is 13.1 Å². The Kier molecular flexibility index (Phi) is 4.45. The van der Waals surface area contributed by atoms with Gasteiger partial charge in [-0.2, -0.15) is 0 Å². The summed E-state index contributed by atoms with van der Waals surface area (Å²) >= 11 is 0. The minimum absolute atomic E-state index is 0.179. The highest BCUT2D eigenvalue weighted by molar-refractivity contribution is 5.80. The highest BCUT2D eigenvalue weighted by Gasteiger charge is 2.39. The summed E-state index contributed by atoms with van der Waals surface area (Å²) in [5, 5.41) is 9.23. The van der Waals surface area contributed by atoms with Gasteiger partial charge in [0.05, 0.1) is 5.41 Å². The van der Waals surface area contributed by atoms with Crippen LogP contribution in [0.1, 0.15) is 19.8 Å². The number of carbonyl (C=O) groups excluding carboxylic acids is 1. The molecule has 1 N–H and O–H groups in total. The first kappa shape index (κ1) is 15.3. The third-order valence-electron chi connectivity index (χ3n) is 3.74. The summed E-state index contributed by atoms with van der Waals surface area (Å²) < 4.78 is 18.1. The van der Waals surface area contributed by atoms with Crippen molar-refractivity contribution in [3.63, 3.8) is 0 Å². The normalized spacial score (nSPS) is 21.9. The fourth-order valence-electron chi connectivity index (χ4n) is 2.39. The molecule has 0 radical (unpaired) electrons. The fourth-order valence-corrected chi connectivity index (χ4v) is 2.39. The molecule has 0 bridgehead atoms. The number of hydrogen-bond acceptors (Lipinski definition) is 3. The van der Waals surface area contributed by atoms with Crippen LogP contribution in [0, 0.1) is 11.2 Å². The summed E-state index contributed by atoms with van der Waals surface area (Å²) in [6.07, 6.45) is 1.22. The van der Waals surface area contributed by atoms with Gasteiger partial charge in [0.2, 0.25) is 0 Å². The van der Waals surface area contributed by atoms with E-state index < -0.39 is 11.4 Å². The van der Waals surface area contributed by atoms with Crippen LogP contribution < -0.4 is 4.74 Å². The van der Waals surface area contributed by atoms with Crippen LogP contribution in [0.15, 0.2) is 24.3 Å². The molecule has 1 aromatic carbocycles. The largest absolute Gasteiger partial charge is 0.484 e. The Morgan fingerprint density at radius 1 is 1.38 bits per heavy atom. The van der Waals surface area contributed by atoms with Crippen molar-refractivity contribution < 1.29 is 23.8 Å². The topological polar surface area (TPSA) is 66.8 Å². The molecule has 1 aliphatic rings. The monoisotopic (exact) mass is 295 g/mol. The van der Waals surface area contributed by atoms with E-state index in [1.807, 2.05) is 0 Å². The number of aliphatic carboxylic acids is 1. The molecule has 5 nitrogen and oxygen atoms in total. The SMILES string of the molecule is CC1(C(=O)O)CCCN(C(=O)COc2ccc(F)cc2)C1. The van der Waals surface area contributed by atoms with Gasteiger partial charge in [-0.05, 0) is 44.0 Å². The molecule has 0 spiro atoms. The third kappa shape index (κ3) is 3.71. The Hall–Kier alpha value is -2.11. The Morgan fingerprint density at radius 3 is 2.67 bits per heavy atom. The van der Waals surface area contributed by atoms with E-state index in [2.05, 4.69) is 0 Å². The van der Waals surface area contributed by atoms with Crippen LogP contribution in [-0.4, -0.2) is 41.6 Å². The molecule has 1 heterocycles. The van der Waals surface area contributed by atoms with Gasteiger partial charge in [0.25, 0.3) is 5.91 Å². The highest BCUT2D eigenvalue weighted by atomic mass is 19.1. The number of hydrogen-bond donors (Lipinski definition) is 1. The van der Waals surface area contributed by atoms with Gasteiger partial charge in [-0.3, -0.25) is 9.59 Å². The van der Waals surface area contributed by atoms with Gasteiger partial charge in [-0.1, -0.05) is 0 Å². The van der Waals surface area contributed by atoms with Crippen LogP contribution in [0.4, 0.5) is 4.39 Å². The van der Waals surface area contributed by atoms with Crippen LogP contribution in [0.5, 0.6) is 5.75 Å². The summed E-state index contributed by atoms with van der Waals surface area (Å²) in [5.74, 6) is -1.12. The first-order valence-corrected chi connectivity index (χ1v) is 6.80. The standard InChI is InChI=1S/C15H18FNO4/c1-15(14(19)20)7-2-8-17(10-15)13(18)9-21-12-5-3-11(16)4-6-12/h3-6H,2,7-10H2,1H3,(H,19,20). The number of nitrogens with zero attached hydrogens (tertiary/aromatic N) is 1. The summed E-state index contributed by atoms with van der Waals surface area (Å²) in [6, 6.07) is 5.39. The lowest BCUT2D eigenvalue weighted by molar-refractivity contribution is -0.153. The van der Waals surface area contributed by atoms with Crippen molar-refractivity contribution in [1.29, 1.82) is 0 Å². The van der Waals surface area contributed by atoms with Crippen LogP contribution in [0.2, 0.25) is 0 Å². The smallest absolute Gasteiger partial charge is 0.311 e. The number of carboxylic acids is 1. The lowest BCUT2D eigenvalue weighted by Gasteiger charge is -2.37. The molecule has 2 rings (SSSR count).